The fourth-order valence-corrected chi connectivity index (χ4v) is 2.56. The highest BCUT2D eigenvalue weighted by Crippen LogP contribution is 2.36. The number of anilines is 2. The van der Waals surface area contributed by atoms with Crippen LogP contribution in [0.25, 0.3) is 10.9 Å². The summed E-state index contributed by atoms with van der Waals surface area (Å²) in [5.41, 5.74) is 8.00. The molecule has 1 aliphatic rings. The molecular weight excluding hydrogens is 280 g/mol. The predicted octanol–water partition coefficient (Wildman–Crippen LogP) is 2.50. The third kappa shape index (κ3) is 1.93. The minimum Gasteiger partial charge on any atom is -0.456 e. The number of aromatic nitrogens is 2. The van der Waals surface area contributed by atoms with Crippen molar-refractivity contribution in [1.82, 2.24) is 9.97 Å². The highest BCUT2D eigenvalue weighted by Gasteiger charge is 2.23. The molecule has 3 N–H and O–H groups in total. The number of nitrogens with one attached hydrogen (secondary N) is 1. The lowest BCUT2D eigenvalue weighted by molar-refractivity contribution is -0.115. The molecule has 22 heavy (non-hydrogen) atoms. The Morgan fingerprint density at radius 2 is 2.00 bits per heavy atom. The Labute approximate surface area is 125 Å². The van der Waals surface area contributed by atoms with E-state index >= 15 is 0 Å². The van der Waals surface area contributed by atoms with Crippen LogP contribution < -0.4 is 15.8 Å². The Balaban J connectivity index is 1.82. The Hall–Kier alpha value is -3.15. The number of nitrogens with zero attached hydrogens (tertiary/aromatic N) is 2. The molecule has 0 unspecified atom stereocenters. The van der Waals surface area contributed by atoms with Gasteiger partial charge in [-0.15, -0.1) is 0 Å². The van der Waals surface area contributed by atoms with E-state index < -0.39 is 0 Å². The number of hydrogen-bond acceptors (Lipinski definition) is 5. The molecule has 1 amide bonds. The summed E-state index contributed by atoms with van der Waals surface area (Å²) in [7, 11) is 0. The van der Waals surface area contributed by atoms with Crippen molar-refractivity contribution in [3.63, 3.8) is 0 Å². The fourth-order valence-electron chi connectivity index (χ4n) is 2.56. The summed E-state index contributed by atoms with van der Waals surface area (Å²) >= 11 is 0. The molecule has 0 spiro atoms. The molecule has 1 aromatic carbocycles. The molecule has 6 heteroatoms. The van der Waals surface area contributed by atoms with Crippen molar-refractivity contribution in [1.29, 1.82) is 0 Å². The Kier molecular flexibility index (Phi) is 2.69. The first-order valence-corrected chi connectivity index (χ1v) is 6.81. The monoisotopic (exact) mass is 292 g/mol. The lowest BCUT2D eigenvalue weighted by Crippen LogP contribution is -2.04. The van der Waals surface area contributed by atoms with Gasteiger partial charge in [-0.1, -0.05) is 0 Å². The van der Waals surface area contributed by atoms with Crippen LogP contribution in [-0.2, 0) is 11.2 Å². The molecule has 1 aliphatic heterocycles. The fraction of sp³-hybridized carbons (Fsp3) is 0.0625. The number of carbonyl (C=O) groups excluding carboxylic acids is 1. The molecule has 0 saturated carbocycles. The number of fused-ring (bicyclic) bond motifs is 2. The van der Waals surface area contributed by atoms with E-state index in [1.54, 1.807) is 30.6 Å². The first-order chi connectivity index (χ1) is 10.7. The van der Waals surface area contributed by atoms with E-state index in [1.807, 2.05) is 12.1 Å². The standard InChI is InChI=1S/C16H12N4O2/c17-11-3-4-12(9-2-1-6-18-15(9)11)22-13-5-7-19-16-10(13)8-14(21)20-16/h1-7H,8,17H2,(H,19,20,21). The van der Waals surface area contributed by atoms with Crippen LogP contribution >= 0.6 is 0 Å². The van der Waals surface area contributed by atoms with E-state index in [2.05, 4.69) is 15.3 Å². The van der Waals surface area contributed by atoms with E-state index in [9.17, 15) is 4.79 Å². The van der Waals surface area contributed by atoms with Crippen LogP contribution in [0.2, 0.25) is 0 Å². The number of nitrogen functional groups attached to an aromatic ring is 1. The second-order valence-corrected chi connectivity index (χ2v) is 5.02. The van der Waals surface area contributed by atoms with Crippen LogP contribution in [0.4, 0.5) is 11.5 Å². The SMILES string of the molecule is Nc1ccc(Oc2ccnc3c2CC(=O)N3)c2cccnc12. The molecular formula is C16H12N4O2. The molecule has 4 rings (SSSR count). The molecule has 2 aromatic heterocycles. The quantitative estimate of drug-likeness (QED) is 0.708. The Morgan fingerprint density at radius 3 is 2.91 bits per heavy atom. The van der Waals surface area contributed by atoms with Crippen LogP contribution in [0.1, 0.15) is 5.56 Å². The van der Waals surface area contributed by atoms with Crippen molar-refractivity contribution < 1.29 is 9.53 Å². The molecule has 0 atom stereocenters. The minimum absolute atomic E-state index is 0.0811. The number of hydrogen-bond donors (Lipinski definition) is 2. The third-order valence-corrected chi connectivity index (χ3v) is 3.59. The van der Waals surface area contributed by atoms with Crippen molar-refractivity contribution >= 4 is 28.3 Å². The van der Waals surface area contributed by atoms with Gasteiger partial charge in [-0.25, -0.2) is 4.98 Å². The summed E-state index contributed by atoms with van der Waals surface area (Å²) < 4.78 is 6.01. The number of nitrogens with two attached hydrogens (primary N) is 1. The summed E-state index contributed by atoms with van der Waals surface area (Å²) in [6, 6.07) is 9.04. The number of carbonyl (C=O) groups is 1. The summed E-state index contributed by atoms with van der Waals surface area (Å²) in [6.07, 6.45) is 3.57. The minimum atomic E-state index is -0.0811. The number of amides is 1. The van der Waals surface area contributed by atoms with Gasteiger partial charge in [0.15, 0.2) is 0 Å². The maximum Gasteiger partial charge on any atom is 0.230 e. The van der Waals surface area contributed by atoms with Gasteiger partial charge < -0.3 is 15.8 Å². The van der Waals surface area contributed by atoms with Crippen LogP contribution in [0, 0.1) is 0 Å². The average Bonchev–Trinajstić information content (AvgIpc) is 2.92. The molecule has 6 nitrogen and oxygen atoms in total. The Bertz CT molecular complexity index is 908. The van der Waals surface area contributed by atoms with Gasteiger partial charge in [-0.3, -0.25) is 9.78 Å². The van der Waals surface area contributed by atoms with Crippen LogP contribution in [0.5, 0.6) is 11.5 Å². The van der Waals surface area contributed by atoms with Gasteiger partial charge in [-0.2, -0.15) is 0 Å². The summed E-state index contributed by atoms with van der Waals surface area (Å²) in [5, 5.41) is 3.53. The highest BCUT2D eigenvalue weighted by molar-refractivity contribution is 5.99. The zero-order valence-electron chi connectivity index (χ0n) is 11.5. The highest BCUT2D eigenvalue weighted by atomic mass is 16.5. The van der Waals surface area contributed by atoms with Crippen molar-refractivity contribution in [2.24, 2.45) is 0 Å². The van der Waals surface area contributed by atoms with Gasteiger partial charge in [0.25, 0.3) is 0 Å². The second-order valence-electron chi connectivity index (χ2n) is 5.02. The van der Waals surface area contributed by atoms with E-state index in [1.165, 1.54) is 0 Å². The first-order valence-electron chi connectivity index (χ1n) is 6.81. The molecule has 0 aliphatic carbocycles. The predicted molar refractivity (Wildman–Crippen MR) is 82.8 cm³/mol. The van der Waals surface area contributed by atoms with E-state index in [0.29, 0.717) is 28.5 Å². The molecule has 108 valence electrons. The Morgan fingerprint density at radius 1 is 1.09 bits per heavy atom. The summed E-state index contributed by atoms with van der Waals surface area (Å²) in [6.45, 7) is 0. The molecule has 3 heterocycles. The summed E-state index contributed by atoms with van der Waals surface area (Å²) in [5.74, 6) is 1.73. The van der Waals surface area contributed by atoms with Crippen LogP contribution in [0.15, 0.2) is 42.7 Å². The second kappa shape index (κ2) is 4.70. The van der Waals surface area contributed by atoms with E-state index in [-0.39, 0.29) is 12.3 Å². The first kappa shape index (κ1) is 12.6. The third-order valence-electron chi connectivity index (χ3n) is 3.59. The molecule has 0 bridgehead atoms. The lowest BCUT2D eigenvalue weighted by atomic mass is 10.1. The average molecular weight is 292 g/mol. The van der Waals surface area contributed by atoms with Gasteiger partial charge in [0.1, 0.15) is 17.3 Å². The zero-order chi connectivity index (χ0) is 15.1. The number of ether oxygens (including phenoxy) is 1. The van der Waals surface area contributed by atoms with E-state index in [0.717, 1.165) is 10.9 Å². The van der Waals surface area contributed by atoms with Crippen molar-refractivity contribution in [3.8, 4) is 11.5 Å². The number of pyridine rings is 2. The van der Waals surface area contributed by atoms with Gasteiger partial charge in [0, 0.05) is 23.3 Å². The number of rotatable bonds is 2. The topological polar surface area (TPSA) is 90.1 Å². The lowest BCUT2D eigenvalue weighted by Gasteiger charge is -2.12. The van der Waals surface area contributed by atoms with Gasteiger partial charge in [-0.05, 0) is 30.3 Å². The van der Waals surface area contributed by atoms with Crippen molar-refractivity contribution in [2.45, 2.75) is 6.42 Å². The molecule has 3 aromatic rings. The van der Waals surface area contributed by atoms with Crippen LogP contribution in [0.3, 0.4) is 0 Å². The van der Waals surface area contributed by atoms with E-state index in [4.69, 9.17) is 10.5 Å². The maximum atomic E-state index is 11.5. The van der Waals surface area contributed by atoms with Gasteiger partial charge in [0.2, 0.25) is 5.91 Å². The largest absolute Gasteiger partial charge is 0.456 e. The van der Waals surface area contributed by atoms with Gasteiger partial charge in [0.05, 0.1) is 17.6 Å². The smallest absolute Gasteiger partial charge is 0.230 e. The molecule has 0 saturated heterocycles. The molecule has 0 radical (unpaired) electrons. The van der Waals surface area contributed by atoms with Crippen LogP contribution in [-0.4, -0.2) is 15.9 Å². The summed E-state index contributed by atoms with van der Waals surface area (Å²) in [4.78, 5) is 20.0. The normalized spacial score (nSPS) is 13.0. The van der Waals surface area contributed by atoms with Crippen molar-refractivity contribution in [3.05, 3.63) is 48.3 Å². The molecule has 0 fully saturated rings. The zero-order valence-corrected chi connectivity index (χ0v) is 11.5. The van der Waals surface area contributed by atoms with Crippen molar-refractivity contribution in [2.75, 3.05) is 11.1 Å². The maximum absolute atomic E-state index is 11.5. The number of benzene rings is 1. The van der Waals surface area contributed by atoms with Gasteiger partial charge >= 0.3 is 0 Å².